The van der Waals surface area contributed by atoms with Gasteiger partial charge in [-0.2, -0.15) is 0 Å². The monoisotopic (exact) mass is 342 g/mol. The first-order valence-corrected chi connectivity index (χ1v) is 9.14. The van der Waals surface area contributed by atoms with Crippen molar-refractivity contribution in [3.05, 3.63) is 47.8 Å². The van der Waals surface area contributed by atoms with Gasteiger partial charge in [0.2, 0.25) is 5.91 Å². The molecule has 2 heterocycles. The first kappa shape index (κ1) is 16.7. The van der Waals surface area contributed by atoms with Crippen LogP contribution < -0.4 is 5.32 Å². The number of carbonyl (C=O) groups is 1. The molecule has 3 rings (SSSR count). The molecule has 1 N–H and O–H groups in total. The van der Waals surface area contributed by atoms with E-state index in [0.717, 1.165) is 23.0 Å². The minimum absolute atomic E-state index is 0.0330. The van der Waals surface area contributed by atoms with Gasteiger partial charge in [0.25, 0.3) is 0 Å². The molecule has 0 saturated heterocycles. The van der Waals surface area contributed by atoms with Gasteiger partial charge in [0.15, 0.2) is 0 Å². The van der Waals surface area contributed by atoms with Gasteiger partial charge in [-0.3, -0.25) is 4.79 Å². The van der Waals surface area contributed by atoms with Gasteiger partial charge in [-0.05, 0) is 36.9 Å². The van der Waals surface area contributed by atoms with Crippen molar-refractivity contribution in [2.24, 2.45) is 0 Å². The summed E-state index contributed by atoms with van der Waals surface area (Å²) in [6, 6.07) is 14.5. The van der Waals surface area contributed by atoms with Crippen molar-refractivity contribution < 1.29 is 9.53 Å². The van der Waals surface area contributed by atoms with Crippen LogP contribution in [0.4, 0.5) is 0 Å². The standard InChI is InChI=1S/C19H22N2O2S/c1-2-23-11-6-10-20-19(22)14-21-16-8-4-3-7-15(16)13-17(21)18-9-5-12-24-18/h3-5,7-9,12-13H,2,6,10-11,14H2,1H3,(H,20,22). The van der Waals surface area contributed by atoms with Crippen LogP contribution in [-0.4, -0.2) is 30.2 Å². The summed E-state index contributed by atoms with van der Waals surface area (Å²) in [5, 5.41) is 6.20. The molecule has 126 valence electrons. The second-order valence-electron chi connectivity index (χ2n) is 5.55. The fourth-order valence-corrected chi connectivity index (χ4v) is 3.51. The minimum atomic E-state index is 0.0330. The largest absolute Gasteiger partial charge is 0.382 e. The van der Waals surface area contributed by atoms with Crippen LogP contribution in [0, 0.1) is 0 Å². The molecule has 1 amide bonds. The van der Waals surface area contributed by atoms with Crippen LogP contribution in [0.3, 0.4) is 0 Å². The van der Waals surface area contributed by atoms with Crippen molar-refractivity contribution in [1.82, 2.24) is 9.88 Å². The van der Waals surface area contributed by atoms with Crippen molar-refractivity contribution in [3.63, 3.8) is 0 Å². The van der Waals surface area contributed by atoms with Gasteiger partial charge >= 0.3 is 0 Å². The number of benzene rings is 1. The highest BCUT2D eigenvalue weighted by molar-refractivity contribution is 7.13. The lowest BCUT2D eigenvalue weighted by Gasteiger charge is -2.10. The van der Waals surface area contributed by atoms with E-state index < -0.39 is 0 Å². The van der Waals surface area contributed by atoms with Crippen molar-refractivity contribution in [2.75, 3.05) is 19.8 Å². The Balaban J connectivity index is 1.75. The molecule has 2 aromatic heterocycles. The van der Waals surface area contributed by atoms with E-state index in [1.54, 1.807) is 11.3 Å². The maximum Gasteiger partial charge on any atom is 0.239 e. The number of nitrogens with one attached hydrogen (secondary N) is 1. The second-order valence-corrected chi connectivity index (χ2v) is 6.50. The molecule has 0 bridgehead atoms. The lowest BCUT2D eigenvalue weighted by molar-refractivity contribution is -0.121. The van der Waals surface area contributed by atoms with Crippen LogP contribution in [-0.2, 0) is 16.1 Å². The Morgan fingerprint density at radius 2 is 2.12 bits per heavy atom. The zero-order valence-electron chi connectivity index (χ0n) is 13.8. The molecular weight excluding hydrogens is 320 g/mol. The molecular formula is C19H22N2O2S. The van der Waals surface area contributed by atoms with Crippen LogP contribution in [0.25, 0.3) is 21.5 Å². The lowest BCUT2D eigenvalue weighted by Crippen LogP contribution is -2.29. The molecule has 0 aliphatic heterocycles. The van der Waals surface area contributed by atoms with Crippen LogP contribution in [0.1, 0.15) is 13.3 Å². The zero-order chi connectivity index (χ0) is 16.8. The van der Waals surface area contributed by atoms with Gasteiger partial charge in [0, 0.05) is 30.7 Å². The predicted octanol–water partition coefficient (Wildman–Crippen LogP) is 3.91. The molecule has 0 spiro atoms. The van der Waals surface area contributed by atoms with Gasteiger partial charge in [0.05, 0.1) is 10.6 Å². The van der Waals surface area contributed by atoms with Crippen LogP contribution in [0.5, 0.6) is 0 Å². The van der Waals surface area contributed by atoms with Gasteiger partial charge in [-0.1, -0.05) is 24.3 Å². The van der Waals surface area contributed by atoms with E-state index >= 15 is 0 Å². The summed E-state index contributed by atoms with van der Waals surface area (Å²) in [4.78, 5) is 13.5. The number of nitrogens with zero attached hydrogens (tertiary/aromatic N) is 1. The number of hydrogen-bond acceptors (Lipinski definition) is 3. The first-order valence-electron chi connectivity index (χ1n) is 8.26. The molecule has 1 aromatic carbocycles. The summed E-state index contributed by atoms with van der Waals surface area (Å²) in [6.07, 6.45) is 0.837. The van der Waals surface area contributed by atoms with E-state index in [4.69, 9.17) is 4.74 Å². The Hall–Kier alpha value is -2.11. The number of aromatic nitrogens is 1. The number of thiophene rings is 1. The van der Waals surface area contributed by atoms with E-state index in [-0.39, 0.29) is 5.91 Å². The van der Waals surface area contributed by atoms with Crippen molar-refractivity contribution in [3.8, 4) is 10.6 Å². The van der Waals surface area contributed by atoms with Crippen LogP contribution >= 0.6 is 11.3 Å². The predicted molar refractivity (Wildman–Crippen MR) is 99.4 cm³/mol. The molecule has 0 fully saturated rings. The van der Waals surface area contributed by atoms with E-state index in [2.05, 4.69) is 39.5 Å². The van der Waals surface area contributed by atoms with E-state index in [9.17, 15) is 4.79 Å². The Morgan fingerprint density at radius 1 is 1.25 bits per heavy atom. The Bertz CT molecular complexity index is 793. The summed E-state index contributed by atoms with van der Waals surface area (Å²) in [5.41, 5.74) is 2.18. The summed E-state index contributed by atoms with van der Waals surface area (Å²) in [5.74, 6) is 0.0330. The third-order valence-corrected chi connectivity index (χ3v) is 4.77. The number of amides is 1. The molecule has 0 saturated carbocycles. The highest BCUT2D eigenvalue weighted by Crippen LogP contribution is 2.31. The number of carbonyl (C=O) groups excluding carboxylic acids is 1. The highest BCUT2D eigenvalue weighted by Gasteiger charge is 2.13. The summed E-state index contributed by atoms with van der Waals surface area (Å²) in [7, 11) is 0. The Morgan fingerprint density at radius 3 is 2.92 bits per heavy atom. The van der Waals surface area contributed by atoms with E-state index in [0.29, 0.717) is 26.3 Å². The van der Waals surface area contributed by atoms with Crippen molar-refractivity contribution in [1.29, 1.82) is 0 Å². The Labute approximate surface area is 146 Å². The number of hydrogen-bond donors (Lipinski definition) is 1. The van der Waals surface area contributed by atoms with Gasteiger partial charge in [0.1, 0.15) is 6.54 Å². The second kappa shape index (κ2) is 8.13. The van der Waals surface area contributed by atoms with Gasteiger partial charge in [-0.25, -0.2) is 0 Å². The number of fused-ring (bicyclic) bond motifs is 1. The fourth-order valence-electron chi connectivity index (χ4n) is 2.76. The van der Waals surface area contributed by atoms with Crippen molar-refractivity contribution >= 4 is 28.1 Å². The lowest BCUT2D eigenvalue weighted by atomic mass is 10.2. The summed E-state index contributed by atoms with van der Waals surface area (Å²) in [6.45, 7) is 4.35. The highest BCUT2D eigenvalue weighted by atomic mass is 32.1. The molecule has 0 radical (unpaired) electrons. The molecule has 5 heteroatoms. The normalized spacial score (nSPS) is 11.0. The Kier molecular flexibility index (Phi) is 5.67. The molecule has 24 heavy (non-hydrogen) atoms. The minimum Gasteiger partial charge on any atom is -0.382 e. The number of ether oxygens (including phenoxy) is 1. The maximum atomic E-state index is 12.3. The average molecular weight is 342 g/mol. The topological polar surface area (TPSA) is 43.3 Å². The number of para-hydroxylation sites is 1. The number of rotatable bonds is 8. The van der Waals surface area contributed by atoms with E-state index in [1.807, 2.05) is 25.1 Å². The van der Waals surface area contributed by atoms with Crippen LogP contribution in [0.15, 0.2) is 47.8 Å². The molecule has 0 unspecified atom stereocenters. The first-order chi connectivity index (χ1) is 11.8. The van der Waals surface area contributed by atoms with Gasteiger partial charge in [-0.15, -0.1) is 11.3 Å². The third-order valence-electron chi connectivity index (χ3n) is 3.88. The van der Waals surface area contributed by atoms with Gasteiger partial charge < -0.3 is 14.6 Å². The third kappa shape index (κ3) is 3.86. The summed E-state index contributed by atoms with van der Waals surface area (Å²) < 4.78 is 7.39. The average Bonchev–Trinajstić information content (AvgIpc) is 3.23. The molecule has 4 nitrogen and oxygen atoms in total. The smallest absolute Gasteiger partial charge is 0.239 e. The molecule has 0 aliphatic rings. The SMILES string of the molecule is CCOCCCNC(=O)Cn1c(-c2cccs2)cc2ccccc21. The van der Waals surface area contributed by atoms with E-state index in [1.165, 1.54) is 4.88 Å². The zero-order valence-corrected chi connectivity index (χ0v) is 14.6. The summed E-state index contributed by atoms with van der Waals surface area (Å²) >= 11 is 1.69. The maximum absolute atomic E-state index is 12.3. The van der Waals surface area contributed by atoms with Crippen molar-refractivity contribution in [2.45, 2.75) is 19.9 Å². The molecule has 3 aromatic rings. The van der Waals surface area contributed by atoms with Crippen LogP contribution in [0.2, 0.25) is 0 Å². The molecule has 0 atom stereocenters. The fraction of sp³-hybridized carbons (Fsp3) is 0.316. The quantitative estimate of drug-likeness (QED) is 0.631. The molecule has 0 aliphatic carbocycles.